The number of hydrogen-bond donors (Lipinski definition) is 2. The van der Waals surface area contributed by atoms with Gasteiger partial charge < -0.3 is 5.32 Å². The molecule has 10 heteroatoms. The van der Waals surface area contributed by atoms with Crippen LogP contribution in [0.3, 0.4) is 0 Å². The van der Waals surface area contributed by atoms with Crippen LogP contribution >= 0.6 is 11.3 Å². The molecule has 0 spiro atoms. The molecule has 1 aromatic carbocycles. The Morgan fingerprint density at radius 1 is 1.12 bits per heavy atom. The Morgan fingerprint density at radius 3 is 2.39 bits per heavy atom. The molecule has 0 saturated carbocycles. The maximum absolute atomic E-state index is 13.1. The van der Waals surface area contributed by atoms with Crippen molar-refractivity contribution in [2.24, 2.45) is 0 Å². The first kappa shape index (κ1) is 24.7. The fourth-order valence-corrected chi connectivity index (χ4v) is 8.04. The minimum atomic E-state index is -4.15. The van der Waals surface area contributed by atoms with E-state index in [2.05, 4.69) is 34.0 Å². The average molecular weight is 495 g/mol. The summed E-state index contributed by atoms with van der Waals surface area (Å²) in [4.78, 5) is 16.0. The van der Waals surface area contributed by atoms with Crippen molar-refractivity contribution < 1.29 is 13.2 Å². The Kier molecular flexibility index (Phi) is 7.25. The number of sulfonamides is 1. The van der Waals surface area contributed by atoms with Crippen molar-refractivity contribution in [1.82, 2.24) is 9.62 Å². The number of rotatable bonds is 4. The maximum atomic E-state index is 13.1. The Hall–Kier alpha value is -1.41. The summed E-state index contributed by atoms with van der Waals surface area (Å²) >= 11 is 1.11. The van der Waals surface area contributed by atoms with Gasteiger partial charge in [0.15, 0.2) is 4.21 Å². The molecule has 0 radical (unpaired) electrons. The summed E-state index contributed by atoms with van der Waals surface area (Å²) in [5.74, 6) is 0. The molecule has 2 N–H and O–H groups in total. The van der Waals surface area contributed by atoms with Crippen LogP contribution in [0.1, 0.15) is 58.0 Å². The van der Waals surface area contributed by atoms with Gasteiger partial charge in [-0.25, -0.2) is 17.9 Å². The molecule has 33 heavy (non-hydrogen) atoms. The van der Waals surface area contributed by atoms with Crippen molar-refractivity contribution >= 4 is 62.6 Å². The van der Waals surface area contributed by atoms with Crippen molar-refractivity contribution in [2.75, 3.05) is 18.4 Å². The third kappa shape index (κ3) is 4.49. The first-order valence-electron chi connectivity index (χ1n) is 11.2. The number of nitriles is 1. The van der Waals surface area contributed by atoms with Gasteiger partial charge in [-0.3, -0.25) is 4.90 Å². The predicted octanol–water partition coefficient (Wildman–Crippen LogP) is 2.84. The van der Waals surface area contributed by atoms with Crippen molar-refractivity contribution in [3.63, 3.8) is 0 Å². The molecular formula is C23H27N4NaO3S2. The molecule has 2 aliphatic carbocycles. The predicted molar refractivity (Wildman–Crippen MR) is 131 cm³/mol. The van der Waals surface area contributed by atoms with Crippen LogP contribution in [0.5, 0.6) is 0 Å². The van der Waals surface area contributed by atoms with E-state index in [1.54, 1.807) is 0 Å². The van der Waals surface area contributed by atoms with Crippen LogP contribution in [0.2, 0.25) is 0 Å². The van der Waals surface area contributed by atoms with Gasteiger partial charge in [0.05, 0.1) is 5.56 Å². The molecule has 0 bridgehead atoms. The summed E-state index contributed by atoms with van der Waals surface area (Å²) < 4.78 is 28.4. The van der Waals surface area contributed by atoms with E-state index >= 15 is 0 Å². The first-order chi connectivity index (χ1) is 15.4. The standard InChI is InChI=1S/C23H26N4O3S2.Na.H/c1-2-27-10-9-18-19(12-24)22(31-20(18)13-27)32(29,30)26-23(28)25-21-16-7-3-5-14(16)11-15-6-4-8-17(15)21;;/h11H,2-10,13H2,1H3,(H2,25,26,28);;. The van der Waals surface area contributed by atoms with Gasteiger partial charge in [0.2, 0.25) is 0 Å². The normalized spacial score (nSPS) is 16.8. The molecule has 2 amide bonds. The van der Waals surface area contributed by atoms with E-state index in [1.165, 1.54) is 11.1 Å². The number of aryl methyl sites for hydroxylation is 2. The summed E-state index contributed by atoms with van der Waals surface area (Å²) in [6.07, 6.45) is 6.54. The second kappa shape index (κ2) is 9.68. The van der Waals surface area contributed by atoms with Crippen molar-refractivity contribution in [3.05, 3.63) is 44.3 Å². The summed E-state index contributed by atoms with van der Waals surface area (Å²) in [6, 6.07) is 3.58. The molecule has 0 atom stereocenters. The number of carbonyl (C=O) groups is 1. The van der Waals surface area contributed by atoms with Gasteiger partial charge in [-0.2, -0.15) is 5.26 Å². The summed E-state index contributed by atoms with van der Waals surface area (Å²) in [6.45, 7) is 4.36. The number of benzene rings is 1. The Morgan fingerprint density at radius 2 is 1.79 bits per heavy atom. The quantitative estimate of drug-likeness (QED) is 0.637. The average Bonchev–Trinajstić information content (AvgIpc) is 3.50. The zero-order chi connectivity index (χ0) is 22.5. The molecule has 0 fully saturated rings. The molecule has 1 aromatic heterocycles. The summed E-state index contributed by atoms with van der Waals surface area (Å²) in [5.41, 5.74) is 6.60. The van der Waals surface area contributed by atoms with E-state index in [-0.39, 0.29) is 39.3 Å². The first-order valence-corrected chi connectivity index (χ1v) is 13.5. The number of likely N-dealkylation sites (N-methyl/N-ethyl adjacent to an activating group) is 1. The molecular weight excluding hydrogens is 467 g/mol. The van der Waals surface area contributed by atoms with Crippen LogP contribution < -0.4 is 10.0 Å². The van der Waals surface area contributed by atoms with Crippen LogP contribution in [-0.4, -0.2) is 62.0 Å². The molecule has 0 unspecified atom stereocenters. The third-order valence-electron chi connectivity index (χ3n) is 6.85. The Balaban J connectivity index is 0.00000259. The van der Waals surface area contributed by atoms with Gasteiger partial charge in [-0.15, -0.1) is 11.3 Å². The van der Waals surface area contributed by atoms with Gasteiger partial charge >= 0.3 is 35.6 Å². The molecule has 0 saturated heterocycles. The topological polar surface area (TPSA) is 102 Å². The van der Waals surface area contributed by atoms with Crippen LogP contribution in [0.25, 0.3) is 0 Å². The third-order valence-corrected chi connectivity index (χ3v) is 9.91. The number of carbonyl (C=O) groups excluding carboxylic acids is 1. The van der Waals surface area contributed by atoms with E-state index in [9.17, 15) is 18.5 Å². The van der Waals surface area contributed by atoms with Crippen LogP contribution in [-0.2, 0) is 48.7 Å². The number of nitrogens with zero attached hydrogens (tertiary/aromatic N) is 2. The molecule has 170 valence electrons. The molecule has 5 rings (SSSR count). The SMILES string of the molecule is CCN1CCc2c(sc(S(=O)(=O)NC(=O)Nc3c4c(cc5c3CCC5)CCC4)c2C#N)C1.[NaH]. The fraction of sp³-hybridized carbons (Fsp3) is 0.478. The molecule has 2 heterocycles. The number of amides is 2. The number of fused-ring (bicyclic) bond motifs is 3. The monoisotopic (exact) mass is 494 g/mol. The van der Waals surface area contributed by atoms with E-state index in [0.29, 0.717) is 13.0 Å². The van der Waals surface area contributed by atoms with Gasteiger partial charge in [0, 0.05) is 23.7 Å². The van der Waals surface area contributed by atoms with Crippen molar-refractivity contribution in [2.45, 2.75) is 62.6 Å². The molecule has 2 aromatic rings. The zero-order valence-electron chi connectivity index (χ0n) is 18.1. The number of thiophene rings is 1. The second-order valence-corrected chi connectivity index (χ2v) is 11.7. The van der Waals surface area contributed by atoms with Crippen molar-refractivity contribution in [1.29, 1.82) is 5.26 Å². The Bertz CT molecular complexity index is 1230. The zero-order valence-corrected chi connectivity index (χ0v) is 19.7. The number of anilines is 1. The summed E-state index contributed by atoms with van der Waals surface area (Å²) in [7, 11) is -4.15. The van der Waals surface area contributed by atoms with Gasteiger partial charge in [0.1, 0.15) is 6.07 Å². The number of urea groups is 1. The van der Waals surface area contributed by atoms with Crippen LogP contribution in [0.4, 0.5) is 10.5 Å². The van der Waals surface area contributed by atoms with E-state index in [0.717, 1.165) is 90.2 Å². The Labute approximate surface area is 220 Å². The molecule has 3 aliphatic rings. The van der Waals surface area contributed by atoms with E-state index < -0.39 is 16.1 Å². The summed E-state index contributed by atoms with van der Waals surface area (Å²) in [5, 5.41) is 12.5. The van der Waals surface area contributed by atoms with Crippen LogP contribution in [0.15, 0.2) is 10.3 Å². The van der Waals surface area contributed by atoms with Crippen molar-refractivity contribution in [3.8, 4) is 6.07 Å². The minimum absolute atomic E-state index is 0. The molecule has 1 aliphatic heterocycles. The second-order valence-electron chi connectivity index (χ2n) is 8.69. The van der Waals surface area contributed by atoms with Crippen LogP contribution in [0, 0.1) is 11.3 Å². The van der Waals surface area contributed by atoms with Gasteiger partial charge in [-0.1, -0.05) is 13.0 Å². The number of nitrogens with one attached hydrogen (secondary N) is 2. The van der Waals surface area contributed by atoms with Gasteiger partial charge in [-0.05, 0) is 79.3 Å². The van der Waals surface area contributed by atoms with E-state index in [4.69, 9.17) is 0 Å². The van der Waals surface area contributed by atoms with Gasteiger partial charge in [0.25, 0.3) is 10.0 Å². The van der Waals surface area contributed by atoms with E-state index in [1.807, 2.05) is 0 Å². The molecule has 7 nitrogen and oxygen atoms in total. The number of hydrogen-bond acceptors (Lipinski definition) is 6. The fourth-order valence-electron chi connectivity index (χ4n) is 5.28.